The maximum absolute atomic E-state index is 10.6. The first-order chi connectivity index (χ1) is 5.33. The number of nitrogens with zero attached hydrogens (tertiary/aromatic N) is 2. The van der Waals surface area contributed by atoms with Crippen LogP contribution in [-0.4, -0.2) is 30.3 Å². The molecule has 0 saturated carbocycles. The Bertz CT molecular complexity index is 177. The number of carbonyl (C=O) groups is 1. The Kier molecular flexibility index (Phi) is 3.06. The van der Waals surface area contributed by atoms with E-state index in [9.17, 15) is 4.79 Å². The second kappa shape index (κ2) is 4.09. The minimum absolute atomic E-state index is 0.295. The monoisotopic (exact) mass is 152 g/mol. The van der Waals surface area contributed by atoms with Crippen molar-refractivity contribution in [2.75, 3.05) is 19.6 Å². The van der Waals surface area contributed by atoms with Crippen LogP contribution in [0.25, 0.3) is 0 Å². The summed E-state index contributed by atoms with van der Waals surface area (Å²) < 4.78 is 0. The average molecular weight is 152 g/mol. The molecule has 3 nitrogen and oxygen atoms in total. The van der Waals surface area contributed by atoms with Crippen LogP contribution in [0, 0.1) is 11.3 Å². The third-order valence-electron chi connectivity index (χ3n) is 1.98. The van der Waals surface area contributed by atoms with Crippen LogP contribution < -0.4 is 0 Å². The van der Waals surface area contributed by atoms with Gasteiger partial charge in [-0.1, -0.05) is 0 Å². The van der Waals surface area contributed by atoms with Gasteiger partial charge in [-0.3, -0.25) is 4.79 Å². The summed E-state index contributed by atoms with van der Waals surface area (Å²) >= 11 is 0. The van der Waals surface area contributed by atoms with Crippen molar-refractivity contribution in [2.24, 2.45) is 0 Å². The molecule has 1 rings (SSSR count). The minimum Gasteiger partial charge on any atom is -0.303 e. The molecule has 0 aromatic carbocycles. The number of likely N-dealkylation sites (tertiary alicyclic amines) is 1. The molecular weight excluding hydrogens is 140 g/mol. The summed E-state index contributed by atoms with van der Waals surface area (Å²) in [6.45, 7) is 2.96. The topological polar surface area (TPSA) is 44.1 Å². The smallest absolute Gasteiger partial charge is 0.233 e. The molecule has 1 aliphatic heterocycles. The summed E-state index contributed by atoms with van der Waals surface area (Å²) in [5, 5.41) is 8.19. The summed E-state index contributed by atoms with van der Waals surface area (Å²) in [7, 11) is 0. The highest BCUT2D eigenvalue weighted by Gasteiger charge is 2.11. The molecule has 0 bridgehead atoms. The summed E-state index contributed by atoms with van der Waals surface area (Å²) in [5.41, 5.74) is 0. The normalized spacial score (nSPS) is 18.1. The van der Waals surface area contributed by atoms with Crippen molar-refractivity contribution in [3.05, 3.63) is 0 Å². The molecule has 0 aromatic heterocycles. The average Bonchev–Trinajstić information content (AvgIpc) is 2.52. The fraction of sp³-hybridized carbons (Fsp3) is 0.750. The van der Waals surface area contributed by atoms with Gasteiger partial charge in [0, 0.05) is 13.0 Å². The highest BCUT2D eigenvalue weighted by molar-refractivity contribution is 5.93. The zero-order chi connectivity index (χ0) is 8.10. The van der Waals surface area contributed by atoms with Gasteiger partial charge in [-0.2, -0.15) is 5.26 Å². The van der Waals surface area contributed by atoms with Crippen LogP contribution in [0.3, 0.4) is 0 Å². The van der Waals surface area contributed by atoms with E-state index in [4.69, 9.17) is 5.26 Å². The first-order valence-corrected chi connectivity index (χ1v) is 3.98. The van der Waals surface area contributed by atoms with E-state index in [1.165, 1.54) is 12.8 Å². The van der Waals surface area contributed by atoms with Gasteiger partial charge in [0.1, 0.15) is 6.07 Å². The predicted molar refractivity (Wildman–Crippen MR) is 40.9 cm³/mol. The van der Waals surface area contributed by atoms with E-state index < -0.39 is 0 Å². The molecule has 0 aliphatic carbocycles. The van der Waals surface area contributed by atoms with Crippen LogP contribution in [0.5, 0.6) is 0 Å². The Morgan fingerprint density at radius 2 is 2.09 bits per heavy atom. The Hall–Kier alpha value is -0.880. The van der Waals surface area contributed by atoms with Crippen molar-refractivity contribution in [2.45, 2.75) is 19.3 Å². The molecular formula is C8H12N2O. The van der Waals surface area contributed by atoms with Gasteiger partial charge in [0.25, 0.3) is 0 Å². The third kappa shape index (κ3) is 2.69. The van der Waals surface area contributed by atoms with Crippen molar-refractivity contribution in [1.82, 2.24) is 4.90 Å². The highest BCUT2D eigenvalue weighted by Crippen LogP contribution is 2.07. The Labute approximate surface area is 66.6 Å². The van der Waals surface area contributed by atoms with Gasteiger partial charge < -0.3 is 4.90 Å². The van der Waals surface area contributed by atoms with E-state index in [-0.39, 0.29) is 5.78 Å². The molecule has 3 heteroatoms. The molecule has 0 aromatic rings. The van der Waals surface area contributed by atoms with Crippen LogP contribution >= 0.6 is 0 Å². The lowest BCUT2D eigenvalue weighted by Crippen LogP contribution is -2.22. The van der Waals surface area contributed by atoms with Gasteiger partial charge in [0.2, 0.25) is 5.78 Å². The maximum Gasteiger partial charge on any atom is 0.233 e. The van der Waals surface area contributed by atoms with Crippen LogP contribution in [0.2, 0.25) is 0 Å². The summed E-state index contributed by atoms with van der Waals surface area (Å²) in [6.07, 6.45) is 2.87. The molecule has 0 spiro atoms. The number of rotatable bonds is 3. The molecule has 60 valence electrons. The second-order valence-corrected chi connectivity index (χ2v) is 2.83. The van der Waals surface area contributed by atoms with Gasteiger partial charge >= 0.3 is 0 Å². The fourth-order valence-corrected chi connectivity index (χ4v) is 1.32. The minimum atomic E-state index is -0.295. The van der Waals surface area contributed by atoms with Crippen molar-refractivity contribution >= 4 is 5.78 Å². The zero-order valence-corrected chi connectivity index (χ0v) is 6.55. The first-order valence-electron chi connectivity index (χ1n) is 3.98. The van der Waals surface area contributed by atoms with E-state index in [1.54, 1.807) is 6.07 Å². The lowest BCUT2D eigenvalue weighted by molar-refractivity contribution is -0.114. The standard InChI is InChI=1S/C8H12N2O/c9-7-8(11)3-6-10-4-1-2-5-10/h1-6H2. The highest BCUT2D eigenvalue weighted by atomic mass is 16.1. The number of Topliss-reactive ketones (excluding diaryl/α,β-unsaturated/α-hetero) is 1. The first kappa shape index (κ1) is 8.22. The quantitative estimate of drug-likeness (QED) is 0.555. The SMILES string of the molecule is N#CC(=O)CCN1CCCC1. The van der Waals surface area contributed by atoms with Gasteiger partial charge in [-0.15, -0.1) is 0 Å². The number of nitriles is 1. The number of hydrogen-bond donors (Lipinski definition) is 0. The van der Waals surface area contributed by atoms with Gasteiger partial charge in [-0.25, -0.2) is 0 Å². The molecule has 1 saturated heterocycles. The summed E-state index contributed by atoms with van der Waals surface area (Å²) in [6, 6.07) is 1.62. The van der Waals surface area contributed by atoms with Crippen molar-refractivity contribution < 1.29 is 4.79 Å². The lowest BCUT2D eigenvalue weighted by atomic mass is 10.3. The van der Waals surface area contributed by atoms with Gasteiger partial charge in [0.05, 0.1) is 0 Å². The molecule has 1 fully saturated rings. The van der Waals surface area contributed by atoms with Gasteiger partial charge in [0.15, 0.2) is 0 Å². The molecule has 1 heterocycles. The van der Waals surface area contributed by atoms with Gasteiger partial charge in [-0.05, 0) is 25.9 Å². The van der Waals surface area contributed by atoms with Crippen LogP contribution in [0.4, 0.5) is 0 Å². The van der Waals surface area contributed by atoms with E-state index in [0.717, 1.165) is 19.6 Å². The predicted octanol–water partition coefficient (Wildman–Crippen LogP) is 0.565. The number of hydrogen-bond acceptors (Lipinski definition) is 3. The molecule has 1 aliphatic rings. The van der Waals surface area contributed by atoms with Crippen molar-refractivity contribution in [3.63, 3.8) is 0 Å². The Morgan fingerprint density at radius 3 is 2.64 bits per heavy atom. The number of ketones is 1. The Morgan fingerprint density at radius 1 is 1.45 bits per heavy atom. The second-order valence-electron chi connectivity index (χ2n) is 2.83. The van der Waals surface area contributed by atoms with Crippen LogP contribution in [0.1, 0.15) is 19.3 Å². The Balaban J connectivity index is 2.12. The molecule has 0 radical (unpaired) electrons. The molecule has 11 heavy (non-hydrogen) atoms. The van der Waals surface area contributed by atoms with Crippen molar-refractivity contribution in [3.8, 4) is 6.07 Å². The third-order valence-corrected chi connectivity index (χ3v) is 1.98. The van der Waals surface area contributed by atoms with E-state index in [2.05, 4.69) is 4.90 Å². The van der Waals surface area contributed by atoms with Crippen molar-refractivity contribution in [1.29, 1.82) is 5.26 Å². The lowest BCUT2D eigenvalue weighted by Gasteiger charge is -2.11. The molecule has 0 unspecified atom stereocenters. The number of carbonyl (C=O) groups excluding carboxylic acids is 1. The molecule has 0 N–H and O–H groups in total. The molecule has 0 amide bonds. The largest absolute Gasteiger partial charge is 0.303 e. The maximum atomic E-state index is 10.6. The molecule has 0 atom stereocenters. The van der Waals surface area contributed by atoms with Crippen LogP contribution in [0.15, 0.2) is 0 Å². The van der Waals surface area contributed by atoms with E-state index >= 15 is 0 Å². The summed E-state index contributed by atoms with van der Waals surface area (Å²) in [4.78, 5) is 12.8. The van der Waals surface area contributed by atoms with Crippen LogP contribution in [-0.2, 0) is 4.79 Å². The fourth-order valence-electron chi connectivity index (χ4n) is 1.32. The zero-order valence-electron chi connectivity index (χ0n) is 6.55. The summed E-state index contributed by atoms with van der Waals surface area (Å²) in [5.74, 6) is -0.295. The van der Waals surface area contributed by atoms with E-state index in [1.807, 2.05) is 0 Å². The van der Waals surface area contributed by atoms with E-state index in [0.29, 0.717) is 6.42 Å².